The van der Waals surface area contributed by atoms with Gasteiger partial charge >= 0.3 is 48.6 Å². The van der Waals surface area contributed by atoms with E-state index in [9.17, 15) is 62.3 Å². The molecule has 1 N–H and O–H groups in total. The van der Waals surface area contributed by atoms with E-state index in [-0.39, 0.29) is 114 Å². The van der Waals surface area contributed by atoms with Crippen molar-refractivity contribution in [3.05, 3.63) is 94.6 Å². The Morgan fingerprint density at radius 3 is 1.27 bits per heavy atom. The molecular weight excluding hydrogens is 1250 g/mol. The van der Waals surface area contributed by atoms with Crippen molar-refractivity contribution in [3.8, 4) is 11.5 Å². The third-order valence-corrected chi connectivity index (χ3v) is 11.9. The van der Waals surface area contributed by atoms with Gasteiger partial charge in [0.2, 0.25) is 11.9 Å². The monoisotopic (exact) mass is 1340 g/mol. The Labute approximate surface area is 555 Å². The van der Waals surface area contributed by atoms with E-state index in [2.05, 4.69) is 10.3 Å². The summed E-state index contributed by atoms with van der Waals surface area (Å²) in [5.74, 6) is -2.41. The molecule has 0 aliphatic heterocycles. The number of imide groups is 3. The molecule has 0 bridgehead atoms. The first kappa shape index (κ1) is 78.2. The maximum Gasteiger partial charge on any atom is 0.419 e. The number of ketones is 4. The van der Waals surface area contributed by atoms with E-state index in [1.54, 1.807) is 173 Å². The standard InChI is InChI=1S/C41H55N3O14.C14H8O4.C13H22N2O5/c1-24(45)28-23-27-30(53-29(46)19-16-21-43(34(48)55-38(2,3)4)35(49)56-39(5,6)7)25-17-14-15-18-26(25)31(32(27)52-28)54-33(47)42-20-22-44(36(50)57-40(8,9)10)37(51)58-41(11,12)13;1-7(15)11-6-10-12(16)8-4-2-3-5-9(8)13(17)14(10)18-11;1-12(2,3)19-10(17)15(8-7-14-9-16)11(18)20-13(4,5)6/h14-15,17-18,23H,16,19-22H2,1-13H3,(H,42,47);2-6H,1H3;7-8H2,1-6H3. The Morgan fingerprint density at radius 1 is 0.469 bits per heavy atom. The minimum Gasteiger partial charge on any atom is -0.449 e. The van der Waals surface area contributed by atoms with E-state index in [0.29, 0.717) is 21.4 Å². The van der Waals surface area contributed by atoms with Gasteiger partial charge in [0.15, 0.2) is 46.0 Å². The highest BCUT2D eigenvalue weighted by Gasteiger charge is 2.37. The average molecular weight is 1340 g/mol. The van der Waals surface area contributed by atoms with Crippen LogP contribution in [0.3, 0.4) is 0 Å². The van der Waals surface area contributed by atoms with Crippen LogP contribution in [-0.4, -0.2) is 159 Å². The Morgan fingerprint density at radius 2 is 0.854 bits per heavy atom. The number of hydrogen-bond acceptors (Lipinski definition) is 24. The van der Waals surface area contributed by atoms with Crippen molar-refractivity contribution >= 4 is 99.6 Å². The number of isocyanates is 1. The molecular formula is C68H85N5O23. The lowest BCUT2D eigenvalue weighted by Gasteiger charge is -2.28. The van der Waals surface area contributed by atoms with Gasteiger partial charge < -0.3 is 52.0 Å². The summed E-state index contributed by atoms with van der Waals surface area (Å²) >= 11 is 0. The number of hydrogen-bond donors (Lipinski definition) is 1. The van der Waals surface area contributed by atoms with E-state index in [1.807, 2.05) is 0 Å². The fourth-order valence-electron chi connectivity index (χ4n) is 8.12. The van der Waals surface area contributed by atoms with Crippen LogP contribution in [0.4, 0.5) is 33.6 Å². The highest BCUT2D eigenvalue weighted by atomic mass is 16.6. The molecule has 0 saturated carbocycles. The molecule has 0 fully saturated rings. The van der Waals surface area contributed by atoms with Crippen molar-refractivity contribution in [2.24, 2.45) is 4.99 Å². The molecule has 3 aromatic carbocycles. The number of nitrogens with one attached hydrogen (secondary N) is 1. The number of rotatable bonds is 14. The lowest BCUT2D eigenvalue weighted by Crippen LogP contribution is -2.47. The second kappa shape index (κ2) is 31.8. The number of carbonyl (C=O) groups excluding carboxylic acids is 13. The molecule has 28 heteroatoms. The molecule has 2 aromatic heterocycles. The highest BCUT2D eigenvalue weighted by Crippen LogP contribution is 2.45. The van der Waals surface area contributed by atoms with E-state index < -0.39 is 88.0 Å². The lowest BCUT2D eigenvalue weighted by molar-refractivity contribution is -0.134. The van der Waals surface area contributed by atoms with Gasteiger partial charge in [0, 0.05) is 55.3 Å². The van der Waals surface area contributed by atoms with Crippen molar-refractivity contribution in [1.29, 1.82) is 0 Å². The summed E-state index contributed by atoms with van der Waals surface area (Å²) in [5, 5.41) is 3.20. The smallest absolute Gasteiger partial charge is 0.419 e. The van der Waals surface area contributed by atoms with Crippen LogP contribution >= 0.6 is 0 Å². The second-order valence-corrected chi connectivity index (χ2v) is 27.4. The summed E-state index contributed by atoms with van der Waals surface area (Å²) in [6, 6.07) is 15.7. The van der Waals surface area contributed by atoms with Gasteiger partial charge in [-0.05, 0) is 143 Å². The molecule has 5 aromatic rings. The van der Waals surface area contributed by atoms with Gasteiger partial charge in [-0.2, -0.15) is 0 Å². The van der Waals surface area contributed by atoms with Crippen molar-refractivity contribution in [2.45, 2.75) is 185 Å². The number of furan rings is 2. The van der Waals surface area contributed by atoms with Gasteiger partial charge in [-0.3, -0.25) is 24.0 Å². The number of benzene rings is 3. The van der Waals surface area contributed by atoms with Gasteiger partial charge in [0.25, 0.3) is 0 Å². The summed E-state index contributed by atoms with van der Waals surface area (Å²) in [5.41, 5.74) is -4.41. The van der Waals surface area contributed by atoms with Gasteiger partial charge in [-0.25, -0.2) is 58.0 Å². The number of amides is 7. The maximum absolute atomic E-state index is 13.4. The topological polar surface area (TPSA) is 356 Å². The molecule has 0 saturated heterocycles. The zero-order valence-corrected chi connectivity index (χ0v) is 57.9. The molecule has 6 rings (SSSR count). The number of nitrogens with zero attached hydrogens (tertiary/aromatic N) is 4. The number of carbonyl (C=O) groups is 12. The molecule has 28 nitrogen and oxygen atoms in total. The van der Waals surface area contributed by atoms with E-state index in [0.717, 1.165) is 9.80 Å². The summed E-state index contributed by atoms with van der Waals surface area (Å²) in [7, 11) is 0. The summed E-state index contributed by atoms with van der Waals surface area (Å²) in [6.45, 7) is 31.3. The summed E-state index contributed by atoms with van der Waals surface area (Å²) < 4.78 is 54.3. The molecule has 96 heavy (non-hydrogen) atoms. The minimum absolute atomic E-state index is 0.00103. The van der Waals surface area contributed by atoms with Crippen molar-refractivity contribution in [2.75, 3.05) is 32.7 Å². The molecule has 2 heterocycles. The Hall–Kier alpha value is -10.2. The first-order valence-electron chi connectivity index (χ1n) is 30.3. The van der Waals surface area contributed by atoms with Crippen LogP contribution in [0.2, 0.25) is 0 Å². The predicted octanol–water partition coefficient (Wildman–Crippen LogP) is 13.7. The Balaban J connectivity index is 0.000000413. The summed E-state index contributed by atoms with van der Waals surface area (Å²) in [6.07, 6.45) is -5.49. The zero-order chi connectivity index (χ0) is 72.8. The van der Waals surface area contributed by atoms with Crippen LogP contribution in [0, 0.1) is 0 Å². The molecule has 0 radical (unpaired) electrons. The molecule has 1 aliphatic carbocycles. The van der Waals surface area contributed by atoms with E-state index in [1.165, 1.54) is 32.1 Å². The molecule has 0 unspecified atom stereocenters. The van der Waals surface area contributed by atoms with Crippen LogP contribution in [0.25, 0.3) is 21.7 Å². The lowest BCUT2D eigenvalue weighted by atomic mass is 9.88. The van der Waals surface area contributed by atoms with Crippen molar-refractivity contribution < 1.29 is 109 Å². The second-order valence-electron chi connectivity index (χ2n) is 27.4. The SMILES string of the molecule is CC(=O)c1cc2c(OC(=O)CCCN(C(=O)OC(C)(C)C)C(=O)OC(C)(C)C)c3ccccc3c(OC(=O)NCCN(C(=O)OC(C)(C)C)C(=O)OC(C)(C)C)c2o1.CC(=O)c1cc2c(o1)C(=O)c1ccccc1C2=O.CC(C)(C)OC(=O)N(CCN=C=O)C(=O)OC(C)(C)C. The molecule has 7 amide bonds. The minimum atomic E-state index is -1.01. The Kier molecular flexibility index (Phi) is 25.9. The van der Waals surface area contributed by atoms with Crippen molar-refractivity contribution in [3.63, 3.8) is 0 Å². The molecule has 0 spiro atoms. The fraction of sp³-hybridized carbons (Fsp3) is 0.485. The van der Waals surface area contributed by atoms with Crippen LogP contribution < -0.4 is 14.8 Å². The first-order chi connectivity index (χ1) is 44.1. The number of aliphatic imine (C=N–C) groups is 1. The molecule has 520 valence electrons. The Bertz CT molecular complexity index is 3550. The third kappa shape index (κ3) is 24.0. The van der Waals surface area contributed by atoms with E-state index in [4.69, 9.17) is 46.7 Å². The maximum atomic E-state index is 13.4. The largest absolute Gasteiger partial charge is 0.449 e. The quantitative estimate of drug-likeness (QED) is 0.0264. The zero-order valence-electron chi connectivity index (χ0n) is 57.9. The number of Topliss-reactive ketones (excluding diaryl/α,β-unsaturated/α-hetero) is 2. The van der Waals surface area contributed by atoms with Gasteiger partial charge in [-0.15, -0.1) is 0 Å². The van der Waals surface area contributed by atoms with Gasteiger partial charge in [0.1, 0.15) is 39.4 Å². The third-order valence-electron chi connectivity index (χ3n) is 11.9. The molecule has 0 atom stereocenters. The normalized spacial score (nSPS) is 12.1. The number of esters is 1. The predicted molar refractivity (Wildman–Crippen MR) is 345 cm³/mol. The van der Waals surface area contributed by atoms with Crippen LogP contribution in [0.1, 0.15) is 204 Å². The van der Waals surface area contributed by atoms with Crippen LogP contribution in [0.5, 0.6) is 11.5 Å². The summed E-state index contributed by atoms with van der Waals surface area (Å²) in [4.78, 5) is 166. The fourth-order valence-corrected chi connectivity index (χ4v) is 8.12. The first-order valence-corrected chi connectivity index (χ1v) is 30.3. The highest BCUT2D eigenvalue weighted by molar-refractivity contribution is 6.28. The van der Waals surface area contributed by atoms with E-state index >= 15 is 0 Å². The van der Waals surface area contributed by atoms with Gasteiger partial charge in [-0.1, -0.05) is 48.5 Å². The van der Waals surface area contributed by atoms with Crippen LogP contribution in [0.15, 0.2) is 74.5 Å². The van der Waals surface area contributed by atoms with Gasteiger partial charge in [0.05, 0.1) is 30.6 Å². The van der Waals surface area contributed by atoms with Crippen LogP contribution in [-0.2, 0) is 38.0 Å². The number of fused-ring (bicyclic) bond motifs is 4. The van der Waals surface area contributed by atoms with Crippen molar-refractivity contribution in [1.82, 2.24) is 20.0 Å². The average Bonchev–Trinajstić information content (AvgIpc) is 1.50. The molecule has 1 aliphatic rings. The number of ether oxygens (including phenoxy) is 8.